The Bertz CT molecular complexity index is 337. The summed E-state index contributed by atoms with van der Waals surface area (Å²) in [6.07, 6.45) is 4.90. The van der Waals surface area contributed by atoms with Gasteiger partial charge in [0.15, 0.2) is 0 Å². The number of likely N-dealkylation sites (tertiary alicyclic amines) is 1. The molecular weight excluding hydrogens is 242 g/mol. The van der Waals surface area contributed by atoms with E-state index in [1.807, 2.05) is 0 Å². The summed E-state index contributed by atoms with van der Waals surface area (Å²) in [5, 5.41) is 0. The molecule has 106 valence electrons. The molecule has 2 amide bonds. The Kier molecular flexibility index (Phi) is 6.29. The van der Waals surface area contributed by atoms with E-state index >= 15 is 0 Å². The first-order valence-corrected chi connectivity index (χ1v) is 6.59. The Morgan fingerprint density at radius 2 is 1.74 bits per heavy atom. The molecule has 1 saturated heterocycles. The van der Waals surface area contributed by atoms with Gasteiger partial charge in [-0.2, -0.15) is 0 Å². The van der Waals surface area contributed by atoms with E-state index in [1.165, 1.54) is 0 Å². The number of carbonyl (C=O) groups excluding carboxylic acids is 2. The zero-order valence-electron chi connectivity index (χ0n) is 11.4. The Hall–Kier alpha value is -1.62. The molecule has 5 heteroatoms. The highest BCUT2D eigenvalue weighted by Gasteiger charge is 2.25. The first-order valence-electron chi connectivity index (χ1n) is 6.59. The molecule has 1 fully saturated rings. The summed E-state index contributed by atoms with van der Waals surface area (Å²) in [5.41, 5.74) is 5.29. The number of amides is 2. The van der Waals surface area contributed by atoms with Gasteiger partial charge >= 0.3 is 0 Å². The van der Waals surface area contributed by atoms with E-state index in [1.54, 1.807) is 17.1 Å². The second-order valence-electron chi connectivity index (χ2n) is 4.83. The second kappa shape index (κ2) is 7.74. The molecule has 0 atom stereocenters. The second-order valence-corrected chi connectivity index (χ2v) is 4.83. The van der Waals surface area contributed by atoms with Crippen LogP contribution in [0.25, 0.3) is 0 Å². The third kappa shape index (κ3) is 4.87. The zero-order valence-corrected chi connectivity index (χ0v) is 11.4. The van der Waals surface area contributed by atoms with Crippen molar-refractivity contribution in [1.82, 2.24) is 9.80 Å². The van der Waals surface area contributed by atoms with Crippen molar-refractivity contribution in [2.75, 3.05) is 32.7 Å². The lowest BCUT2D eigenvalue weighted by Gasteiger charge is -2.31. The maximum atomic E-state index is 12.1. The average molecular weight is 265 g/mol. The summed E-state index contributed by atoms with van der Waals surface area (Å²) in [4.78, 5) is 27.0. The van der Waals surface area contributed by atoms with Crippen molar-refractivity contribution in [3.05, 3.63) is 25.3 Å². The van der Waals surface area contributed by atoms with E-state index in [4.69, 9.17) is 5.73 Å². The number of hydrogen-bond acceptors (Lipinski definition) is 3. The van der Waals surface area contributed by atoms with Crippen LogP contribution in [0.2, 0.25) is 0 Å². The molecule has 0 saturated carbocycles. The molecule has 0 bridgehead atoms. The summed E-state index contributed by atoms with van der Waals surface area (Å²) >= 11 is 0. The van der Waals surface area contributed by atoms with Gasteiger partial charge in [-0.15, -0.1) is 13.2 Å². The van der Waals surface area contributed by atoms with Crippen molar-refractivity contribution in [3.8, 4) is 0 Å². The number of hydrogen-bond donors (Lipinski definition) is 1. The number of piperidine rings is 1. The van der Waals surface area contributed by atoms with Gasteiger partial charge in [0.05, 0.1) is 6.54 Å². The summed E-state index contributed by atoms with van der Waals surface area (Å²) in [6.45, 7) is 10.2. The number of nitrogens with zero attached hydrogens (tertiary/aromatic N) is 2. The number of carbonyl (C=O) groups is 2. The highest BCUT2D eigenvalue weighted by atomic mass is 16.2. The molecule has 0 spiro atoms. The van der Waals surface area contributed by atoms with Gasteiger partial charge in [-0.25, -0.2) is 0 Å². The minimum atomic E-state index is -0.231. The predicted octanol–water partition coefficient (Wildman–Crippen LogP) is 0.384. The van der Waals surface area contributed by atoms with Crippen LogP contribution in [0.1, 0.15) is 12.8 Å². The van der Waals surface area contributed by atoms with Crippen molar-refractivity contribution in [1.29, 1.82) is 0 Å². The lowest BCUT2D eigenvalue weighted by atomic mass is 9.96. The number of rotatable bonds is 7. The molecule has 1 rings (SSSR count). The van der Waals surface area contributed by atoms with Crippen LogP contribution >= 0.6 is 0 Å². The molecule has 0 unspecified atom stereocenters. The Morgan fingerprint density at radius 1 is 1.21 bits per heavy atom. The van der Waals surface area contributed by atoms with Crippen molar-refractivity contribution < 1.29 is 9.59 Å². The lowest BCUT2D eigenvalue weighted by molar-refractivity contribution is -0.132. The van der Waals surface area contributed by atoms with Crippen molar-refractivity contribution >= 4 is 11.8 Å². The van der Waals surface area contributed by atoms with E-state index in [-0.39, 0.29) is 17.7 Å². The number of primary amides is 1. The lowest BCUT2D eigenvalue weighted by Crippen LogP contribution is -2.45. The van der Waals surface area contributed by atoms with Crippen LogP contribution in [-0.4, -0.2) is 54.3 Å². The fourth-order valence-corrected chi connectivity index (χ4v) is 2.26. The van der Waals surface area contributed by atoms with Crippen LogP contribution in [0.3, 0.4) is 0 Å². The van der Waals surface area contributed by atoms with Crippen molar-refractivity contribution in [2.45, 2.75) is 12.8 Å². The molecule has 0 aromatic heterocycles. The minimum Gasteiger partial charge on any atom is -0.369 e. The highest BCUT2D eigenvalue weighted by molar-refractivity contribution is 5.79. The first-order chi connectivity index (χ1) is 9.08. The topological polar surface area (TPSA) is 66.6 Å². The molecule has 0 aromatic rings. The van der Waals surface area contributed by atoms with Gasteiger partial charge < -0.3 is 10.6 Å². The third-order valence-corrected chi connectivity index (χ3v) is 3.40. The molecule has 1 aliphatic rings. The SMILES string of the molecule is C=CCN(CC=C)C(=O)CN1CCC(C(N)=O)CC1. The Labute approximate surface area is 114 Å². The van der Waals surface area contributed by atoms with E-state index in [0.717, 1.165) is 25.9 Å². The molecule has 5 nitrogen and oxygen atoms in total. The van der Waals surface area contributed by atoms with Crippen LogP contribution in [0, 0.1) is 5.92 Å². The van der Waals surface area contributed by atoms with E-state index in [2.05, 4.69) is 18.1 Å². The highest BCUT2D eigenvalue weighted by Crippen LogP contribution is 2.16. The van der Waals surface area contributed by atoms with Crippen LogP contribution in [0.15, 0.2) is 25.3 Å². The Balaban J connectivity index is 2.42. The monoisotopic (exact) mass is 265 g/mol. The fraction of sp³-hybridized carbons (Fsp3) is 0.571. The van der Waals surface area contributed by atoms with Gasteiger partial charge in [0.1, 0.15) is 0 Å². The zero-order chi connectivity index (χ0) is 14.3. The Morgan fingerprint density at radius 3 is 2.16 bits per heavy atom. The molecule has 0 radical (unpaired) electrons. The van der Waals surface area contributed by atoms with Crippen LogP contribution < -0.4 is 5.73 Å². The fourth-order valence-electron chi connectivity index (χ4n) is 2.26. The smallest absolute Gasteiger partial charge is 0.237 e. The summed E-state index contributed by atoms with van der Waals surface area (Å²) in [7, 11) is 0. The van der Waals surface area contributed by atoms with E-state index < -0.39 is 0 Å². The quantitative estimate of drug-likeness (QED) is 0.677. The van der Waals surface area contributed by atoms with Gasteiger partial charge in [-0.1, -0.05) is 12.2 Å². The average Bonchev–Trinajstić information content (AvgIpc) is 2.39. The summed E-state index contributed by atoms with van der Waals surface area (Å²) in [6, 6.07) is 0. The minimum absolute atomic E-state index is 0.0381. The van der Waals surface area contributed by atoms with E-state index in [0.29, 0.717) is 19.6 Å². The predicted molar refractivity (Wildman–Crippen MR) is 75.3 cm³/mol. The van der Waals surface area contributed by atoms with E-state index in [9.17, 15) is 9.59 Å². The molecular formula is C14H23N3O2. The third-order valence-electron chi connectivity index (χ3n) is 3.40. The maximum Gasteiger partial charge on any atom is 0.237 e. The molecule has 0 aliphatic carbocycles. The summed E-state index contributed by atoms with van der Waals surface area (Å²) in [5.74, 6) is -0.202. The first kappa shape index (κ1) is 15.4. The molecule has 19 heavy (non-hydrogen) atoms. The van der Waals surface area contributed by atoms with Gasteiger partial charge in [-0.3, -0.25) is 14.5 Å². The molecule has 1 aliphatic heterocycles. The largest absolute Gasteiger partial charge is 0.369 e. The molecule has 2 N–H and O–H groups in total. The maximum absolute atomic E-state index is 12.1. The normalized spacial score (nSPS) is 16.8. The summed E-state index contributed by atoms with van der Waals surface area (Å²) < 4.78 is 0. The standard InChI is InChI=1S/C14H23N3O2/c1-3-7-17(8-4-2)13(18)11-16-9-5-12(6-10-16)14(15)19/h3-4,12H,1-2,5-11H2,(H2,15,19). The van der Waals surface area contributed by atoms with Crippen molar-refractivity contribution in [2.24, 2.45) is 11.7 Å². The molecule has 0 aromatic carbocycles. The van der Waals surface area contributed by atoms with Gasteiger partial charge in [0.2, 0.25) is 11.8 Å². The van der Waals surface area contributed by atoms with Crippen LogP contribution in [0.4, 0.5) is 0 Å². The van der Waals surface area contributed by atoms with Crippen molar-refractivity contribution in [3.63, 3.8) is 0 Å². The number of nitrogens with two attached hydrogens (primary N) is 1. The van der Waals surface area contributed by atoms with Crippen LogP contribution in [0.5, 0.6) is 0 Å². The molecule has 1 heterocycles. The van der Waals surface area contributed by atoms with Gasteiger partial charge in [0, 0.05) is 19.0 Å². The van der Waals surface area contributed by atoms with Crippen LogP contribution in [-0.2, 0) is 9.59 Å². The van der Waals surface area contributed by atoms with Gasteiger partial charge in [0.25, 0.3) is 0 Å². The van der Waals surface area contributed by atoms with Gasteiger partial charge in [-0.05, 0) is 25.9 Å².